The lowest BCUT2D eigenvalue weighted by atomic mass is 10.1. The Morgan fingerprint density at radius 2 is 1.88 bits per heavy atom. The molecule has 0 unspecified atom stereocenters. The Bertz CT molecular complexity index is 408. The van der Waals surface area contributed by atoms with E-state index in [-0.39, 0.29) is 0 Å². The summed E-state index contributed by atoms with van der Waals surface area (Å²) in [5.41, 5.74) is 4.00. The van der Waals surface area contributed by atoms with E-state index in [0.717, 1.165) is 0 Å². The number of aliphatic carboxylic acids is 1. The molecule has 3 N–H and O–H groups in total. The summed E-state index contributed by atoms with van der Waals surface area (Å²) in [4.78, 5) is 10.7. The average Bonchev–Trinajstić information content (AvgIpc) is 2.27. The first-order valence-corrected chi connectivity index (χ1v) is 5.26. The molecule has 5 nitrogen and oxygen atoms in total. The van der Waals surface area contributed by atoms with Crippen molar-refractivity contribution in [1.29, 1.82) is 0 Å². The molecular weight excluding hydrogens is 278 g/mol. The van der Waals surface area contributed by atoms with Crippen molar-refractivity contribution in [2.24, 2.45) is 0 Å². The number of carboxylic acid groups (broad SMARTS) is 1. The number of carbonyl (C=O) groups excluding carboxylic acids is 1. The quantitative estimate of drug-likeness (QED) is 0.810. The van der Waals surface area contributed by atoms with Gasteiger partial charge in [0.05, 0.1) is 14.2 Å². The van der Waals surface area contributed by atoms with E-state index in [1.54, 1.807) is 12.1 Å². The highest BCUT2D eigenvalue weighted by atomic mass is 79.9. The number of rotatable bonds is 4. The Hall–Kier alpha value is -1.27. The predicted molar refractivity (Wildman–Crippen MR) is 57.9 cm³/mol. The van der Waals surface area contributed by atoms with Crippen LogP contribution in [0.1, 0.15) is 11.6 Å². The normalized spacial score (nSPS) is 12.0. The predicted octanol–water partition coefficient (Wildman–Crippen LogP) is -0.501. The van der Waals surface area contributed by atoms with Crippen molar-refractivity contribution < 1.29 is 25.1 Å². The SMILES string of the molecule is COc1cc(Br)c([C@@H]([NH3+])C(=O)[O-])cc1OC. The Labute approximate surface area is 101 Å². The van der Waals surface area contributed by atoms with Gasteiger partial charge in [0.25, 0.3) is 0 Å². The van der Waals surface area contributed by atoms with Gasteiger partial charge in [-0.3, -0.25) is 0 Å². The third-order valence-corrected chi connectivity index (χ3v) is 2.85. The van der Waals surface area contributed by atoms with Crippen molar-refractivity contribution in [3.63, 3.8) is 0 Å². The van der Waals surface area contributed by atoms with Gasteiger partial charge >= 0.3 is 0 Å². The maximum Gasteiger partial charge on any atom is 0.161 e. The molecular formula is C10H12BrNO4. The van der Waals surface area contributed by atoms with E-state index in [2.05, 4.69) is 21.7 Å². The molecule has 6 heteroatoms. The molecule has 1 atom stereocenters. The molecule has 0 radical (unpaired) electrons. The van der Waals surface area contributed by atoms with Gasteiger partial charge in [0, 0.05) is 10.0 Å². The smallest absolute Gasteiger partial charge is 0.161 e. The molecule has 0 aliphatic carbocycles. The molecule has 1 aromatic carbocycles. The van der Waals surface area contributed by atoms with Crippen LogP contribution in [0.4, 0.5) is 0 Å². The molecule has 16 heavy (non-hydrogen) atoms. The number of carboxylic acids is 1. The lowest BCUT2D eigenvalue weighted by Crippen LogP contribution is -2.61. The van der Waals surface area contributed by atoms with Gasteiger partial charge in [-0.2, -0.15) is 0 Å². The molecule has 1 aromatic rings. The topological polar surface area (TPSA) is 86.2 Å². The van der Waals surface area contributed by atoms with Crippen molar-refractivity contribution >= 4 is 21.9 Å². The van der Waals surface area contributed by atoms with Crippen molar-refractivity contribution in [2.45, 2.75) is 6.04 Å². The van der Waals surface area contributed by atoms with Crippen LogP contribution in [0.3, 0.4) is 0 Å². The van der Waals surface area contributed by atoms with Crippen LogP contribution in [-0.4, -0.2) is 20.2 Å². The Kier molecular flexibility index (Phi) is 4.14. The first-order valence-electron chi connectivity index (χ1n) is 4.46. The fraction of sp³-hybridized carbons (Fsp3) is 0.300. The highest BCUT2D eigenvalue weighted by Crippen LogP contribution is 2.34. The average molecular weight is 290 g/mol. The van der Waals surface area contributed by atoms with Crippen LogP contribution in [0.2, 0.25) is 0 Å². The van der Waals surface area contributed by atoms with Crippen LogP contribution < -0.4 is 20.3 Å². The molecule has 0 amide bonds. The summed E-state index contributed by atoms with van der Waals surface area (Å²) < 4.78 is 10.7. The molecule has 0 aliphatic heterocycles. The lowest BCUT2D eigenvalue weighted by molar-refractivity contribution is -0.443. The summed E-state index contributed by atoms with van der Waals surface area (Å²) >= 11 is 3.25. The van der Waals surface area contributed by atoms with Gasteiger partial charge in [-0.1, -0.05) is 15.9 Å². The number of benzene rings is 1. The zero-order valence-electron chi connectivity index (χ0n) is 8.95. The number of halogens is 1. The van der Waals surface area contributed by atoms with Gasteiger partial charge in [0.15, 0.2) is 17.5 Å². The van der Waals surface area contributed by atoms with E-state index in [1.807, 2.05) is 0 Å². The second-order valence-corrected chi connectivity index (χ2v) is 3.95. The molecule has 0 aliphatic rings. The fourth-order valence-electron chi connectivity index (χ4n) is 1.26. The summed E-state index contributed by atoms with van der Waals surface area (Å²) in [6.07, 6.45) is 0. The van der Waals surface area contributed by atoms with Crippen LogP contribution >= 0.6 is 15.9 Å². The molecule has 0 saturated carbocycles. The fourth-order valence-corrected chi connectivity index (χ4v) is 1.86. The summed E-state index contributed by atoms with van der Waals surface area (Å²) in [5.74, 6) is -0.271. The number of hydrogen-bond donors (Lipinski definition) is 1. The van der Waals surface area contributed by atoms with Crippen LogP contribution in [-0.2, 0) is 4.79 Å². The monoisotopic (exact) mass is 289 g/mol. The van der Waals surface area contributed by atoms with Gasteiger partial charge in [-0.25, -0.2) is 0 Å². The summed E-state index contributed by atoms with van der Waals surface area (Å²) in [6, 6.07) is 2.24. The summed E-state index contributed by atoms with van der Waals surface area (Å²) in [6.45, 7) is 0. The minimum Gasteiger partial charge on any atom is -0.544 e. The minimum absolute atomic E-state index is 0.454. The van der Waals surface area contributed by atoms with E-state index in [9.17, 15) is 9.90 Å². The van der Waals surface area contributed by atoms with E-state index < -0.39 is 12.0 Å². The first-order chi connectivity index (χ1) is 7.51. The molecule has 0 bridgehead atoms. The molecule has 0 aromatic heterocycles. The van der Waals surface area contributed by atoms with Crippen LogP contribution in [0, 0.1) is 0 Å². The van der Waals surface area contributed by atoms with E-state index in [4.69, 9.17) is 9.47 Å². The largest absolute Gasteiger partial charge is 0.544 e. The van der Waals surface area contributed by atoms with Crippen LogP contribution in [0.5, 0.6) is 11.5 Å². The highest BCUT2D eigenvalue weighted by Gasteiger charge is 2.18. The maximum atomic E-state index is 10.7. The van der Waals surface area contributed by atoms with E-state index >= 15 is 0 Å². The third-order valence-electron chi connectivity index (χ3n) is 2.16. The van der Waals surface area contributed by atoms with Crippen molar-refractivity contribution in [3.8, 4) is 11.5 Å². The summed E-state index contributed by atoms with van der Waals surface area (Å²) in [7, 11) is 2.98. The Morgan fingerprint density at radius 3 is 2.31 bits per heavy atom. The van der Waals surface area contributed by atoms with Crippen molar-refractivity contribution in [3.05, 3.63) is 22.2 Å². The zero-order valence-corrected chi connectivity index (χ0v) is 10.5. The number of quaternary nitrogens is 1. The van der Waals surface area contributed by atoms with Crippen LogP contribution in [0.15, 0.2) is 16.6 Å². The van der Waals surface area contributed by atoms with E-state index in [0.29, 0.717) is 21.5 Å². The van der Waals surface area contributed by atoms with Gasteiger partial charge in [0.2, 0.25) is 0 Å². The number of carbonyl (C=O) groups is 1. The molecule has 0 saturated heterocycles. The standard InChI is InChI=1S/C10H12BrNO4/c1-15-7-3-5(9(12)10(13)14)6(11)4-8(7)16-2/h3-4,9H,12H2,1-2H3,(H,13,14)/t9-/m1/s1. The van der Waals surface area contributed by atoms with Crippen molar-refractivity contribution in [2.75, 3.05) is 14.2 Å². The zero-order chi connectivity index (χ0) is 12.3. The molecule has 1 rings (SSSR count). The minimum atomic E-state index is -1.24. The van der Waals surface area contributed by atoms with Gasteiger partial charge < -0.3 is 25.1 Å². The number of methoxy groups -OCH3 is 2. The third kappa shape index (κ3) is 2.45. The van der Waals surface area contributed by atoms with Crippen molar-refractivity contribution in [1.82, 2.24) is 0 Å². The Balaban J connectivity index is 3.26. The van der Waals surface area contributed by atoms with E-state index in [1.165, 1.54) is 14.2 Å². The molecule has 0 heterocycles. The number of hydrogen-bond acceptors (Lipinski definition) is 4. The molecule has 88 valence electrons. The second-order valence-electron chi connectivity index (χ2n) is 3.10. The van der Waals surface area contributed by atoms with Gasteiger partial charge in [-0.05, 0) is 12.1 Å². The Morgan fingerprint density at radius 1 is 1.38 bits per heavy atom. The lowest BCUT2D eigenvalue weighted by Gasteiger charge is -2.15. The first kappa shape index (κ1) is 12.8. The van der Waals surface area contributed by atoms with Gasteiger partial charge in [0.1, 0.15) is 5.97 Å². The highest BCUT2D eigenvalue weighted by molar-refractivity contribution is 9.10. The molecule has 0 spiro atoms. The van der Waals surface area contributed by atoms with Gasteiger partial charge in [-0.15, -0.1) is 0 Å². The second kappa shape index (κ2) is 5.18. The number of ether oxygens (including phenoxy) is 2. The molecule has 0 fully saturated rings. The summed E-state index contributed by atoms with van der Waals surface area (Å²) in [5, 5.41) is 10.7. The van der Waals surface area contributed by atoms with Crippen LogP contribution in [0.25, 0.3) is 0 Å². The maximum absolute atomic E-state index is 10.7.